The number of carbonyl (C=O) groups is 2. The van der Waals surface area contributed by atoms with Crippen LogP contribution < -0.4 is 14.8 Å². The maximum absolute atomic E-state index is 12.3. The molecule has 0 radical (unpaired) electrons. The van der Waals surface area contributed by atoms with Gasteiger partial charge in [-0.3, -0.25) is 10.1 Å². The van der Waals surface area contributed by atoms with Crippen LogP contribution in [0.4, 0.5) is 5.13 Å². The second-order valence-corrected chi connectivity index (χ2v) is 8.94. The summed E-state index contributed by atoms with van der Waals surface area (Å²) in [7, 11) is 1.44. The van der Waals surface area contributed by atoms with Crippen LogP contribution >= 0.6 is 11.3 Å². The molecule has 3 aromatic rings. The fraction of sp³-hybridized carbons (Fsp3) is 0.292. The van der Waals surface area contributed by atoms with Crippen molar-refractivity contribution in [1.29, 1.82) is 0 Å². The van der Waals surface area contributed by atoms with Crippen molar-refractivity contribution in [3.8, 4) is 23.3 Å². The van der Waals surface area contributed by atoms with Gasteiger partial charge in [0.15, 0.2) is 23.2 Å². The summed E-state index contributed by atoms with van der Waals surface area (Å²) in [5.41, 5.74) is 0.539. The topological polar surface area (TPSA) is 107 Å². The van der Waals surface area contributed by atoms with E-state index in [4.69, 9.17) is 14.2 Å². The van der Waals surface area contributed by atoms with Crippen LogP contribution in [0.3, 0.4) is 0 Å². The maximum atomic E-state index is 12.3. The predicted molar refractivity (Wildman–Crippen MR) is 125 cm³/mol. The van der Waals surface area contributed by atoms with Crippen LogP contribution in [0.25, 0.3) is 10.2 Å². The molecule has 0 bridgehead atoms. The third-order valence-electron chi connectivity index (χ3n) is 4.11. The third kappa shape index (κ3) is 6.94. The van der Waals surface area contributed by atoms with Crippen LogP contribution in [0.15, 0.2) is 42.5 Å². The van der Waals surface area contributed by atoms with Gasteiger partial charge in [0, 0.05) is 5.92 Å². The molecule has 0 saturated heterocycles. The lowest BCUT2D eigenvalue weighted by molar-refractivity contribution is -0.147. The molecule has 1 heterocycles. The number of nitrogens with zero attached hydrogens (tertiary/aromatic N) is 1. The second kappa shape index (κ2) is 10.3. The van der Waals surface area contributed by atoms with Gasteiger partial charge in [-0.15, -0.1) is 0 Å². The summed E-state index contributed by atoms with van der Waals surface area (Å²) in [5, 5.41) is 13.5. The minimum atomic E-state index is -1.23. The molecule has 0 spiro atoms. The lowest BCUT2D eigenvalue weighted by Gasteiger charge is -2.17. The van der Waals surface area contributed by atoms with Gasteiger partial charge in [0.1, 0.15) is 11.7 Å². The summed E-state index contributed by atoms with van der Waals surface area (Å²) in [5.74, 6) is 4.23. The summed E-state index contributed by atoms with van der Waals surface area (Å²) in [6.07, 6.45) is -1.23. The number of anilines is 1. The van der Waals surface area contributed by atoms with E-state index in [1.54, 1.807) is 32.9 Å². The van der Waals surface area contributed by atoms with Crippen molar-refractivity contribution in [2.24, 2.45) is 0 Å². The molecule has 1 atom stereocenters. The second-order valence-electron chi connectivity index (χ2n) is 7.91. The highest BCUT2D eigenvalue weighted by molar-refractivity contribution is 7.22. The molecule has 0 saturated carbocycles. The van der Waals surface area contributed by atoms with Gasteiger partial charge in [0.25, 0.3) is 5.91 Å². The fourth-order valence-corrected chi connectivity index (χ4v) is 3.59. The number of thiazole rings is 1. The van der Waals surface area contributed by atoms with Crippen molar-refractivity contribution >= 4 is 38.6 Å². The largest absolute Gasteiger partial charge is 0.493 e. The lowest BCUT2D eigenvalue weighted by Crippen LogP contribution is -2.22. The quantitative estimate of drug-likeness (QED) is 0.323. The number of carbonyl (C=O) groups excluding carboxylic acids is 2. The summed E-state index contributed by atoms with van der Waals surface area (Å²) in [6, 6.07) is 12.2. The van der Waals surface area contributed by atoms with Crippen LogP contribution in [-0.2, 0) is 14.3 Å². The van der Waals surface area contributed by atoms with Gasteiger partial charge in [-0.05, 0) is 50.6 Å². The number of aliphatic hydroxyl groups excluding tert-OH is 1. The number of hydrogen-bond acceptors (Lipinski definition) is 8. The number of esters is 1. The van der Waals surface area contributed by atoms with Crippen molar-refractivity contribution in [3.63, 3.8) is 0 Å². The molecular formula is C24H24N2O6S. The first-order chi connectivity index (χ1) is 15.6. The van der Waals surface area contributed by atoms with E-state index in [0.717, 1.165) is 10.2 Å². The summed E-state index contributed by atoms with van der Waals surface area (Å²) in [4.78, 5) is 28.3. The first-order valence-corrected chi connectivity index (χ1v) is 10.8. The molecule has 33 heavy (non-hydrogen) atoms. The first kappa shape index (κ1) is 24.0. The Labute approximate surface area is 195 Å². The van der Waals surface area contributed by atoms with Gasteiger partial charge in [0.05, 0.1) is 17.3 Å². The van der Waals surface area contributed by atoms with Crippen molar-refractivity contribution in [2.75, 3.05) is 19.0 Å². The standard InChI is InChI=1S/C24H24N2O6S/c1-24(2,3)32-22(29)12-10-17(27)15-9-11-18(19(13-15)30-4)31-14-21(28)26-23-25-16-7-5-6-8-20(16)33-23/h5-9,11,13,17,27H,14H2,1-4H3,(H,25,26,28). The molecule has 2 aromatic carbocycles. The average molecular weight is 469 g/mol. The van der Waals surface area contributed by atoms with Gasteiger partial charge < -0.3 is 19.3 Å². The van der Waals surface area contributed by atoms with E-state index < -0.39 is 17.7 Å². The van der Waals surface area contributed by atoms with E-state index in [0.29, 0.717) is 22.2 Å². The van der Waals surface area contributed by atoms with E-state index in [-0.39, 0.29) is 12.5 Å². The van der Waals surface area contributed by atoms with E-state index >= 15 is 0 Å². The van der Waals surface area contributed by atoms with Crippen molar-refractivity contribution < 1.29 is 28.9 Å². The van der Waals surface area contributed by atoms with Crippen molar-refractivity contribution in [2.45, 2.75) is 32.5 Å². The normalized spacial score (nSPS) is 11.8. The zero-order valence-electron chi connectivity index (χ0n) is 18.7. The molecule has 9 heteroatoms. The Kier molecular flexibility index (Phi) is 7.53. The predicted octanol–water partition coefficient (Wildman–Crippen LogP) is 3.70. The number of aromatic nitrogens is 1. The minimum Gasteiger partial charge on any atom is -0.493 e. The highest BCUT2D eigenvalue weighted by atomic mass is 32.1. The maximum Gasteiger partial charge on any atom is 0.384 e. The van der Waals surface area contributed by atoms with Gasteiger partial charge in [-0.2, -0.15) is 0 Å². The lowest BCUT2D eigenvalue weighted by atomic mass is 10.1. The number of methoxy groups -OCH3 is 1. The van der Waals surface area contributed by atoms with Crippen LogP contribution in [0, 0.1) is 11.8 Å². The Morgan fingerprint density at radius 3 is 2.64 bits per heavy atom. The molecule has 0 aliphatic carbocycles. The Balaban J connectivity index is 1.61. The van der Waals surface area contributed by atoms with E-state index in [1.807, 2.05) is 24.3 Å². The van der Waals surface area contributed by atoms with Gasteiger partial charge >= 0.3 is 5.97 Å². The van der Waals surface area contributed by atoms with Crippen molar-refractivity contribution in [1.82, 2.24) is 4.98 Å². The fourth-order valence-electron chi connectivity index (χ4n) is 2.71. The smallest absolute Gasteiger partial charge is 0.384 e. The van der Waals surface area contributed by atoms with Crippen LogP contribution in [0.1, 0.15) is 32.4 Å². The van der Waals surface area contributed by atoms with Gasteiger partial charge in [-0.1, -0.05) is 35.5 Å². The number of para-hydroxylation sites is 1. The zero-order valence-corrected chi connectivity index (χ0v) is 19.5. The number of benzene rings is 2. The number of fused-ring (bicyclic) bond motifs is 1. The highest BCUT2D eigenvalue weighted by Crippen LogP contribution is 2.30. The molecule has 1 aromatic heterocycles. The Morgan fingerprint density at radius 1 is 1.18 bits per heavy atom. The molecule has 3 rings (SSSR count). The van der Waals surface area contributed by atoms with E-state index in [1.165, 1.54) is 24.5 Å². The number of nitrogens with one attached hydrogen (secondary N) is 1. The Bertz CT molecular complexity index is 1190. The number of amides is 1. The van der Waals surface area contributed by atoms with Gasteiger partial charge in [-0.25, -0.2) is 9.78 Å². The number of hydrogen-bond donors (Lipinski definition) is 2. The molecule has 0 aliphatic heterocycles. The number of rotatable bonds is 6. The van der Waals surface area contributed by atoms with Crippen LogP contribution in [-0.4, -0.2) is 41.3 Å². The SMILES string of the molecule is COc1cc(C(O)C#CC(=O)OC(C)(C)C)ccc1OCC(=O)Nc1nc2ccccc2s1. The summed E-state index contributed by atoms with van der Waals surface area (Å²) in [6.45, 7) is 4.93. The summed E-state index contributed by atoms with van der Waals surface area (Å²) >= 11 is 1.37. The molecule has 8 nitrogen and oxygen atoms in total. The van der Waals surface area contributed by atoms with Crippen LogP contribution in [0.2, 0.25) is 0 Å². The monoisotopic (exact) mass is 468 g/mol. The van der Waals surface area contributed by atoms with Crippen LogP contribution in [0.5, 0.6) is 11.5 Å². The number of aliphatic hydroxyl groups is 1. The average Bonchev–Trinajstić information content (AvgIpc) is 3.16. The molecule has 1 unspecified atom stereocenters. The molecule has 172 valence electrons. The Morgan fingerprint density at radius 2 is 1.94 bits per heavy atom. The highest BCUT2D eigenvalue weighted by Gasteiger charge is 2.16. The summed E-state index contributed by atoms with van der Waals surface area (Å²) < 4.78 is 16.9. The van der Waals surface area contributed by atoms with E-state index in [9.17, 15) is 14.7 Å². The minimum absolute atomic E-state index is 0.257. The molecule has 2 N–H and O–H groups in total. The van der Waals surface area contributed by atoms with E-state index in [2.05, 4.69) is 22.1 Å². The van der Waals surface area contributed by atoms with Gasteiger partial charge in [0.2, 0.25) is 0 Å². The zero-order chi connectivity index (χ0) is 24.0. The first-order valence-electron chi connectivity index (χ1n) is 10.0. The number of ether oxygens (including phenoxy) is 3. The molecule has 0 aliphatic rings. The third-order valence-corrected chi connectivity index (χ3v) is 5.06. The molecular weight excluding hydrogens is 444 g/mol. The molecule has 0 fully saturated rings. The Hall–Kier alpha value is -3.61. The molecule has 1 amide bonds. The van der Waals surface area contributed by atoms with Crippen molar-refractivity contribution in [3.05, 3.63) is 48.0 Å².